The van der Waals surface area contributed by atoms with Crippen molar-refractivity contribution in [2.75, 3.05) is 0 Å². The van der Waals surface area contributed by atoms with Crippen molar-refractivity contribution in [2.45, 2.75) is 0 Å². The maximum atomic E-state index is 12.2. The molecule has 0 aromatic heterocycles. The Balaban J connectivity index is 1.44. The minimum Gasteiger partial charge on any atom is -0.423 e. The molecule has 148 valence electrons. The fourth-order valence-corrected chi connectivity index (χ4v) is 3.60. The van der Waals surface area contributed by atoms with Crippen LogP contribution in [0.1, 0.15) is 15.9 Å². The maximum Gasteiger partial charge on any atom is 0.343 e. The van der Waals surface area contributed by atoms with Crippen molar-refractivity contribution in [1.29, 1.82) is 0 Å². The fourth-order valence-electron chi connectivity index (χ4n) is 2.64. The van der Waals surface area contributed by atoms with Crippen LogP contribution in [0.4, 0.5) is 5.69 Å². The van der Waals surface area contributed by atoms with Crippen LogP contribution >= 0.6 is 23.4 Å². The molecule has 1 saturated heterocycles. The standard InChI is InChI=1S/C23H15ClN2O3S/c24-17-8-10-18(11-9-17)25-23-26-21(27)20(30-23)14-15-6-12-19(13-7-15)29-22(28)16-4-2-1-3-5-16/h1-14H,(H,25,26,27)/b20-14-. The Morgan fingerprint density at radius 1 is 0.967 bits per heavy atom. The number of esters is 1. The third-order valence-corrected chi connectivity index (χ3v) is 5.27. The highest BCUT2D eigenvalue weighted by molar-refractivity contribution is 8.18. The van der Waals surface area contributed by atoms with Crippen LogP contribution in [-0.2, 0) is 4.79 Å². The number of thioether (sulfide) groups is 1. The van der Waals surface area contributed by atoms with Crippen molar-refractivity contribution in [3.05, 3.63) is 99.9 Å². The first-order chi connectivity index (χ1) is 14.6. The number of benzene rings is 3. The van der Waals surface area contributed by atoms with Gasteiger partial charge in [0, 0.05) is 5.02 Å². The molecular weight excluding hydrogens is 420 g/mol. The first kappa shape index (κ1) is 19.9. The van der Waals surface area contributed by atoms with Gasteiger partial charge < -0.3 is 10.1 Å². The largest absolute Gasteiger partial charge is 0.423 e. The van der Waals surface area contributed by atoms with Crippen LogP contribution in [-0.4, -0.2) is 17.0 Å². The lowest BCUT2D eigenvalue weighted by Gasteiger charge is -2.04. The monoisotopic (exact) mass is 434 g/mol. The topological polar surface area (TPSA) is 67.8 Å². The number of rotatable bonds is 4. The Labute approximate surface area is 182 Å². The van der Waals surface area contributed by atoms with E-state index in [1.54, 1.807) is 78.9 Å². The van der Waals surface area contributed by atoms with E-state index in [4.69, 9.17) is 16.3 Å². The smallest absolute Gasteiger partial charge is 0.343 e. The summed E-state index contributed by atoms with van der Waals surface area (Å²) in [5.41, 5.74) is 1.99. The third-order valence-electron chi connectivity index (χ3n) is 4.11. The van der Waals surface area contributed by atoms with Crippen LogP contribution in [0.25, 0.3) is 6.08 Å². The number of nitrogens with zero attached hydrogens (tertiary/aromatic N) is 1. The summed E-state index contributed by atoms with van der Waals surface area (Å²) < 4.78 is 5.37. The van der Waals surface area contributed by atoms with Crippen LogP contribution in [0.15, 0.2) is 88.8 Å². The molecule has 0 saturated carbocycles. The zero-order chi connectivity index (χ0) is 20.9. The highest BCUT2D eigenvalue weighted by atomic mass is 35.5. The predicted molar refractivity (Wildman–Crippen MR) is 120 cm³/mol. The number of amides is 1. The number of ether oxygens (including phenoxy) is 1. The van der Waals surface area contributed by atoms with E-state index in [2.05, 4.69) is 10.3 Å². The number of carbonyl (C=O) groups excluding carboxylic acids is 2. The maximum absolute atomic E-state index is 12.2. The van der Waals surface area contributed by atoms with E-state index in [1.165, 1.54) is 11.8 Å². The average molecular weight is 435 g/mol. The Hall–Kier alpha value is -3.35. The average Bonchev–Trinajstić information content (AvgIpc) is 3.10. The second kappa shape index (κ2) is 8.98. The third kappa shape index (κ3) is 4.97. The van der Waals surface area contributed by atoms with Crippen LogP contribution in [0.3, 0.4) is 0 Å². The first-order valence-corrected chi connectivity index (χ1v) is 10.2. The Kier molecular flexibility index (Phi) is 5.97. The number of hydrogen-bond donors (Lipinski definition) is 1. The minimum atomic E-state index is -0.421. The lowest BCUT2D eigenvalue weighted by Crippen LogP contribution is -2.19. The van der Waals surface area contributed by atoms with Gasteiger partial charge in [-0.2, -0.15) is 0 Å². The molecule has 0 unspecified atom stereocenters. The second-order valence-electron chi connectivity index (χ2n) is 6.28. The van der Waals surface area contributed by atoms with E-state index in [0.29, 0.717) is 32.1 Å². The Bertz CT molecular complexity index is 1140. The van der Waals surface area contributed by atoms with E-state index < -0.39 is 5.97 Å². The number of carbonyl (C=O) groups is 2. The second-order valence-corrected chi connectivity index (χ2v) is 7.75. The lowest BCUT2D eigenvalue weighted by molar-refractivity contribution is -0.115. The lowest BCUT2D eigenvalue weighted by atomic mass is 10.2. The molecule has 1 heterocycles. The van der Waals surface area contributed by atoms with Gasteiger partial charge in [-0.05, 0) is 71.9 Å². The predicted octanol–water partition coefficient (Wildman–Crippen LogP) is 5.45. The van der Waals surface area contributed by atoms with E-state index >= 15 is 0 Å². The Morgan fingerprint density at radius 3 is 2.37 bits per heavy atom. The summed E-state index contributed by atoms with van der Waals surface area (Å²) in [5, 5.41) is 3.87. The summed E-state index contributed by atoms with van der Waals surface area (Å²) in [6.45, 7) is 0. The molecule has 4 rings (SSSR count). The molecule has 5 nitrogen and oxygen atoms in total. The molecule has 0 atom stereocenters. The van der Waals surface area contributed by atoms with Gasteiger partial charge in [0.05, 0.1) is 16.2 Å². The molecule has 1 amide bonds. The number of nitrogens with one attached hydrogen (secondary N) is 1. The summed E-state index contributed by atoms with van der Waals surface area (Å²) >= 11 is 7.13. The Morgan fingerprint density at radius 2 is 1.67 bits per heavy atom. The van der Waals surface area contributed by atoms with Gasteiger partial charge >= 0.3 is 5.97 Å². The zero-order valence-corrected chi connectivity index (χ0v) is 17.1. The zero-order valence-electron chi connectivity index (χ0n) is 15.5. The quantitative estimate of drug-likeness (QED) is 0.337. The SMILES string of the molecule is O=C1NC(=Nc2ccc(Cl)cc2)S/C1=C\c1ccc(OC(=O)c2ccccc2)cc1. The molecule has 3 aromatic rings. The molecule has 0 spiro atoms. The molecule has 0 aliphatic carbocycles. The highest BCUT2D eigenvalue weighted by Gasteiger charge is 2.23. The van der Waals surface area contributed by atoms with Crippen LogP contribution in [0, 0.1) is 0 Å². The first-order valence-electron chi connectivity index (χ1n) is 8.99. The molecule has 1 aliphatic rings. The number of hydrogen-bond acceptors (Lipinski definition) is 5. The van der Waals surface area contributed by atoms with Crippen molar-refractivity contribution in [2.24, 2.45) is 4.99 Å². The number of amidine groups is 1. The molecular formula is C23H15ClN2O3S. The van der Waals surface area contributed by atoms with Crippen LogP contribution in [0.2, 0.25) is 5.02 Å². The van der Waals surface area contributed by atoms with Crippen molar-refractivity contribution in [3.8, 4) is 5.75 Å². The molecule has 30 heavy (non-hydrogen) atoms. The van der Waals surface area contributed by atoms with Crippen molar-refractivity contribution >= 4 is 52.2 Å². The number of halogens is 1. The molecule has 3 aromatic carbocycles. The van der Waals surface area contributed by atoms with Gasteiger partial charge in [-0.15, -0.1) is 0 Å². The molecule has 7 heteroatoms. The van der Waals surface area contributed by atoms with Gasteiger partial charge in [-0.3, -0.25) is 4.79 Å². The van der Waals surface area contributed by atoms with Gasteiger partial charge in [-0.1, -0.05) is 41.9 Å². The van der Waals surface area contributed by atoms with Gasteiger partial charge in [0.2, 0.25) is 0 Å². The molecule has 0 radical (unpaired) electrons. The molecule has 0 bridgehead atoms. The molecule has 1 N–H and O–H groups in total. The summed E-state index contributed by atoms with van der Waals surface area (Å²) in [6.07, 6.45) is 1.76. The summed E-state index contributed by atoms with van der Waals surface area (Å²) in [5.74, 6) is -0.206. The summed E-state index contributed by atoms with van der Waals surface area (Å²) in [7, 11) is 0. The van der Waals surface area contributed by atoms with E-state index in [9.17, 15) is 9.59 Å². The highest BCUT2D eigenvalue weighted by Crippen LogP contribution is 2.29. The molecule has 1 fully saturated rings. The summed E-state index contributed by atoms with van der Waals surface area (Å²) in [4.78, 5) is 29.3. The van der Waals surface area contributed by atoms with Gasteiger partial charge in [-0.25, -0.2) is 9.79 Å². The van der Waals surface area contributed by atoms with E-state index in [0.717, 1.165) is 5.56 Å². The van der Waals surface area contributed by atoms with Crippen LogP contribution in [0.5, 0.6) is 5.75 Å². The van der Waals surface area contributed by atoms with Crippen molar-refractivity contribution < 1.29 is 14.3 Å². The van der Waals surface area contributed by atoms with Gasteiger partial charge in [0.25, 0.3) is 5.91 Å². The minimum absolute atomic E-state index is 0.215. The van der Waals surface area contributed by atoms with E-state index in [-0.39, 0.29) is 5.91 Å². The fraction of sp³-hybridized carbons (Fsp3) is 0. The van der Waals surface area contributed by atoms with Gasteiger partial charge in [0.15, 0.2) is 5.17 Å². The van der Waals surface area contributed by atoms with Crippen molar-refractivity contribution in [3.63, 3.8) is 0 Å². The normalized spacial score (nSPS) is 16.0. The van der Waals surface area contributed by atoms with Crippen molar-refractivity contribution in [1.82, 2.24) is 5.32 Å². The summed E-state index contributed by atoms with van der Waals surface area (Å²) in [6, 6.07) is 22.8. The van der Waals surface area contributed by atoms with E-state index in [1.807, 2.05) is 6.07 Å². The number of aliphatic imine (C=N–C) groups is 1. The van der Waals surface area contributed by atoms with Crippen LogP contribution < -0.4 is 10.1 Å². The molecule has 1 aliphatic heterocycles. The van der Waals surface area contributed by atoms with Gasteiger partial charge in [0.1, 0.15) is 5.75 Å².